The van der Waals surface area contributed by atoms with E-state index in [1.807, 2.05) is 23.6 Å². The number of carbonyl (C=O) groups is 2. The molecule has 26 heavy (non-hydrogen) atoms. The standard InChI is InChI=1S/C19H29N3O4/c1-5-21(6-2)19(24)22-11-9-14(10-12-22)18(23)20-16-13-15(25-3)7-8-17(16)26-4/h7-8,13-14H,5-6,9-12H2,1-4H3,(H,20,23). The molecule has 1 aliphatic rings. The third kappa shape index (κ3) is 4.59. The van der Waals surface area contributed by atoms with Gasteiger partial charge in [-0.25, -0.2) is 4.79 Å². The summed E-state index contributed by atoms with van der Waals surface area (Å²) in [6, 6.07) is 5.35. The van der Waals surface area contributed by atoms with Gasteiger partial charge in [0.25, 0.3) is 0 Å². The summed E-state index contributed by atoms with van der Waals surface area (Å²) in [6.45, 7) is 6.55. The number of hydrogen-bond acceptors (Lipinski definition) is 4. The molecular weight excluding hydrogens is 334 g/mol. The zero-order valence-electron chi connectivity index (χ0n) is 16.1. The Morgan fingerprint density at radius 3 is 2.35 bits per heavy atom. The molecule has 0 atom stereocenters. The monoisotopic (exact) mass is 363 g/mol. The Morgan fingerprint density at radius 2 is 1.81 bits per heavy atom. The molecule has 144 valence electrons. The maximum absolute atomic E-state index is 12.6. The van der Waals surface area contributed by atoms with Crippen molar-refractivity contribution >= 4 is 17.6 Å². The van der Waals surface area contributed by atoms with Crippen LogP contribution in [0.3, 0.4) is 0 Å². The second kappa shape index (κ2) is 9.31. The van der Waals surface area contributed by atoms with Gasteiger partial charge >= 0.3 is 6.03 Å². The number of urea groups is 1. The second-order valence-electron chi connectivity index (χ2n) is 6.27. The van der Waals surface area contributed by atoms with Gasteiger partial charge in [-0.1, -0.05) is 0 Å². The van der Waals surface area contributed by atoms with Crippen molar-refractivity contribution in [2.75, 3.05) is 45.7 Å². The van der Waals surface area contributed by atoms with Crippen molar-refractivity contribution in [2.45, 2.75) is 26.7 Å². The molecule has 1 N–H and O–H groups in total. The number of benzene rings is 1. The van der Waals surface area contributed by atoms with Crippen molar-refractivity contribution in [3.05, 3.63) is 18.2 Å². The van der Waals surface area contributed by atoms with Crippen molar-refractivity contribution in [3.8, 4) is 11.5 Å². The Kier molecular flexibility index (Phi) is 7.12. The number of anilines is 1. The van der Waals surface area contributed by atoms with E-state index >= 15 is 0 Å². The van der Waals surface area contributed by atoms with Gasteiger partial charge in [-0.15, -0.1) is 0 Å². The van der Waals surface area contributed by atoms with Crippen LogP contribution in [0, 0.1) is 5.92 Å². The molecule has 3 amide bonds. The van der Waals surface area contributed by atoms with Crippen LogP contribution in [0.25, 0.3) is 0 Å². The van der Waals surface area contributed by atoms with Crippen molar-refractivity contribution in [1.29, 1.82) is 0 Å². The first kappa shape index (κ1) is 19.9. The summed E-state index contributed by atoms with van der Waals surface area (Å²) in [4.78, 5) is 28.7. The molecule has 1 aliphatic heterocycles. The molecule has 1 aromatic carbocycles. The Balaban J connectivity index is 1.96. The van der Waals surface area contributed by atoms with E-state index in [1.54, 1.807) is 32.4 Å². The van der Waals surface area contributed by atoms with Gasteiger partial charge in [0.2, 0.25) is 5.91 Å². The largest absolute Gasteiger partial charge is 0.497 e. The SMILES string of the molecule is CCN(CC)C(=O)N1CCC(C(=O)Nc2cc(OC)ccc2OC)CC1. The summed E-state index contributed by atoms with van der Waals surface area (Å²) in [7, 11) is 3.14. The second-order valence-corrected chi connectivity index (χ2v) is 6.27. The predicted octanol–water partition coefficient (Wildman–Crippen LogP) is 2.82. The van der Waals surface area contributed by atoms with Gasteiger partial charge in [0.1, 0.15) is 11.5 Å². The molecule has 0 aliphatic carbocycles. The van der Waals surface area contributed by atoms with Crippen molar-refractivity contribution in [1.82, 2.24) is 9.80 Å². The minimum Gasteiger partial charge on any atom is -0.497 e. The normalized spacial score (nSPS) is 14.7. The highest BCUT2D eigenvalue weighted by molar-refractivity contribution is 5.94. The number of piperidine rings is 1. The number of rotatable bonds is 6. The lowest BCUT2D eigenvalue weighted by atomic mass is 9.96. The fourth-order valence-electron chi connectivity index (χ4n) is 3.17. The van der Waals surface area contributed by atoms with Crippen molar-refractivity contribution < 1.29 is 19.1 Å². The van der Waals surface area contributed by atoms with Gasteiger partial charge in [-0.3, -0.25) is 4.79 Å². The Morgan fingerprint density at radius 1 is 1.15 bits per heavy atom. The van der Waals surface area contributed by atoms with Crippen LogP contribution in [0.1, 0.15) is 26.7 Å². The highest BCUT2D eigenvalue weighted by Gasteiger charge is 2.29. The average Bonchev–Trinajstić information content (AvgIpc) is 2.68. The van der Waals surface area contributed by atoms with E-state index in [2.05, 4.69) is 5.32 Å². The molecule has 0 radical (unpaired) electrons. The molecule has 7 nitrogen and oxygen atoms in total. The Labute approximate surface area is 155 Å². The van der Waals surface area contributed by atoms with Crippen LogP contribution >= 0.6 is 0 Å². The first-order chi connectivity index (χ1) is 12.5. The molecule has 0 bridgehead atoms. The topological polar surface area (TPSA) is 71.1 Å². The highest BCUT2D eigenvalue weighted by Crippen LogP contribution is 2.30. The molecule has 1 aromatic rings. The van der Waals surface area contributed by atoms with Crippen LogP contribution in [0.4, 0.5) is 10.5 Å². The van der Waals surface area contributed by atoms with Crippen molar-refractivity contribution in [3.63, 3.8) is 0 Å². The lowest BCUT2D eigenvalue weighted by Crippen LogP contribution is -2.47. The summed E-state index contributed by atoms with van der Waals surface area (Å²) in [5.74, 6) is 1.08. The quantitative estimate of drug-likeness (QED) is 0.844. The molecule has 7 heteroatoms. The van der Waals surface area contributed by atoms with Crippen LogP contribution in [0.5, 0.6) is 11.5 Å². The molecule has 0 aromatic heterocycles. The number of hydrogen-bond donors (Lipinski definition) is 1. The summed E-state index contributed by atoms with van der Waals surface area (Å²) >= 11 is 0. The van der Waals surface area contributed by atoms with E-state index in [1.165, 1.54) is 0 Å². The van der Waals surface area contributed by atoms with Crippen LogP contribution in [-0.2, 0) is 4.79 Å². The van der Waals surface area contributed by atoms with Gasteiger partial charge in [0.15, 0.2) is 0 Å². The first-order valence-electron chi connectivity index (χ1n) is 9.10. The highest BCUT2D eigenvalue weighted by atomic mass is 16.5. The van der Waals surface area contributed by atoms with Crippen LogP contribution < -0.4 is 14.8 Å². The van der Waals surface area contributed by atoms with Gasteiger partial charge in [-0.2, -0.15) is 0 Å². The summed E-state index contributed by atoms with van der Waals surface area (Å²) in [5.41, 5.74) is 0.596. The predicted molar refractivity (Wildman–Crippen MR) is 101 cm³/mol. The maximum Gasteiger partial charge on any atom is 0.319 e. The number of carbonyl (C=O) groups excluding carboxylic acids is 2. The minimum absolute atomic E-state index is 0.0495. The lowest BCUT2D eigenvalue weighted by molar-refractivity contribution is -0.121. The summed E-state index contributed by atoms with van der Waals surface area (Å²) in [6.07, 6.45) is 1.32. The molecule has 0 saturated carbocycles. The smallest absolute Gasteiger partial charge is 0.319 e. The van der Waals surface area contributed by atoms with Crippen LogP contribution in [0.2, 0.25) is 0 Å². The number of amides is 3. The summed E-state index contributed by atoms with van der Waals surface area (Å²) in [5, 5.41) is 2.94. The number of ether oxygens (including phenoxy) is 2. The Bertz CT molecular complexity index is 623. The minimum atomic E-state index is -0.119. The molecule has 2 rings (SSSR count). The third-order valence-electron chi connectivity index (χ3n) is 4.83. The van der Waals surface area contributed by atoms with E-state index in [4.69, 9.17) is 9.47 Å². The molecule has 1 fully saturated rings. The van der Waals surface area contributed by atoms with E-state index in [9.17, 15) is 9.59 Å². The number of likely N-dealkylation sites (tertiary alicyclic amines) is 1. The van der Waals surface area contributed by atoms with E-state index < -0.39 is 0 Å². The van der Waals surface area contributed by atoms with Crippen LogP contribution in [0.15, 0.2) is 18.2 Å². The van der Waals surface area contributed by atoms with Crippen LogP contribution in [-0.4, -0.2) is 62.1 Å². The zero-order valence-corrected chi connectivity index (χ0v) is 16.1. The van der Waals surface area contributed by atoms with E-state index in [-0.39, 0.29) is 17.9 Å². The molecule has 0 unspecified atom stereocenters. The number of nitrogens with zero attached hydrogens (tertiary/aromatic N) is 2. The number of nitrogens with one attached hydrogen (secondary N) is 1. The fraction of sp³-hybridized carbons (Fsp3) is 0.579. The number of methoxy groups -OCH3 is 2. The first-order valence-corrected chi connectivity index (χ1v) is 9.10. The van der Waals surface area contributed by atoms with Gasteiger partial charge < -0.3 is 24.6 Å². The van der Waals surface area contributed by atoms with Gasteiger partial charge in [-0.05, 0) is 38.8 Å². The van der Waals surface area contributed by atoms with Gasteiger partial charge in [0, 0.05) is 38.2 Å². The summed E-state index contributed by atoms with van der Waals surface area (Å²) < 4.78 is 10.5. The molecule has 1 saturated heterocycles. The molecule has 0 spiro atoms. The maximum atomic E-state index is 12.6. The van der Waals surface area contributed by atoms with Crippen molar-refractivity contribution in [2.24, 2.45) is 5.92 Å². The third-order valence-corrected chi connectivity index (χ3v) is 4.83. The molecular formula is C19H29N3O4. The van der Waals surface area contributed by atoms with E-state index in [0.29, 0.717) is 56.2 Å². The fourth-order valence-corrected chi connectivity index (χ4v) is 3.17. The molecule has 1 heterocycles. The Hall–Kier alpha value is -2.44. The average molecular weight is 363 g/mol. The van der Waals surface area contributed by atoms with Gasteiger partial charge in [0.05, 0.1) is 19.9 Å². The zero-order chi connectivity index (χ0) is 19.1. The lowest BCUT2D eigenvalue weighted by Gasteiger charge is -2.34. The van der Waals surface area contributed by atoms with E-state index in [0.717, 1.165) is 0 Å².